The standard InChI is InChI=1S/C41H37NO9/c1-46-33-21-17-27(18-22-33)23-31-19-20-32(42)24-35(31)50-41-37(51-40(45)30-15-9-4-10-16-30)36(49-39(44)29-13-7-3-8-14-29)25-34(48-41)26-47-38(43)28-11-5-2-6-12-28/h2-22,24,34,36-37,41H,23,25-26,42H2,1H3/t34-,36-,37+,41-/m0/s1. The molecule has 0 spiro atoms. The number of esters is 3. The monoisotopic (exact) mass is 687 g/mol. The first-order chi connectivity index (χ1) is 24.9. The molecular formula is C41H37NO9. The molecule has 0 bridgehead atoms. The summed E-state index contributed by atoms with van der Waals surface area (Å²) in [5.74, 6) is -0.762. The molecule has 1 aliphatic heterocycles. The Balaban J connectivity index is 1.33. The second-order valence-corrected chi connectivity index (χ2v) is 11.9. The molecule has 1 aliphatic rings. The van der Waals surface area contributed by atoms with Crippen molar-refractivity contribution < 1.29 is 42.8 Å². The van der Waals surface area contributed by atoms with E-state index in [1.807, 2.05) is 30.3 Å². The van der Waals surface area contributed by atoms with E-state index in [-0.39, 0.29) is 18.6 Å². The summed E-state index contributed by atoms with van der Waals surface area (Å²) in [5.41, 5.74) is 9.35. The minimum absolute atomic E-state index is 0.0306. The van der Waals surface area contributed by atoms with Crippen molar-refractivity contribution in [3.8, 4) is 11.5 Å². The second-order valence-electron chi connectivity index (χ2n) is 11.9. The van der Waals surface area contributed by atoms with Gasteiger partial charge < -0.3 is 34.2 Å². The third-order valence-corrected chi connectivity index (χ3v) is 8.27. The van der Waals surface area contributed by atoms with E-state index in [0.29, 0.717) is 29.0 Å². The Hall–Kier alpha value is -6.13. The van der Waals surface area contributed by atoms with Crippen molar-refractivity contribution in [3.63, 3.8) is 0 Å². The Morgan fingerprint density at radius 2 is 1.27 bits per heavy atom. The lowest BCUT2D eigenvalue weighted by molar-refractivity contribution is -0.240. The van der Waals surface area contributed by atoms with Gasteiger partial charge in [-0.05, 0) is 65.7 Å². The lowest BCUT2D eigenvalue weighted by Crippen LogP contribution is -2.55. The summed E-state index contributed by atoms with van der Waals surface area (Å²) in [6, 6.07) is 38.3. The van der Waals surface area contributed by atoms with Gasteiger partial charge in [-0.3, -0.25) is 0 Å². The number of hydrogen-bond acceptors (Lipinski definition) is 10. The van der Waals surface area contributed by atoms with Crippen LogP contribution in [0.15, 0.2) is 133 Å². The van der Waals surface area contributed by atoms with Crippen LogP contribution in [0.1, 0.15) is 48.6 Å². The summed E-state index contributed by atoms with van der Waals surface area (Å²) in [6.07, 6.45) is -3.92. The first kappa shape index (κ1) is 34.7. The predicted molar refractivity (Wildman–Crippen MR) is 189 cm³/mol. The fraction of sp³-hybridized carbons (Fsp3) is 0.195. The van der Waals surface area contributed by atoms with Gasteiger partial charge in [-0.15, -0.1) is 0 Å². The van der Waals surface area contributed by atoms with Crippen LogP contribution in [-0.2, 0) is 25.4 Å². The minimum atomic E-state index is -1.31. The zero-order chi connectivity index (χ0) is 35.6. The van der Waals surface area contributed by atoms with E-state index in [4.69, 9.17) is 34.2 Å². The number of hydrogen-bond donors (Lipinski definition) is 1. The van der Waals surface area contributed by atoms with Gasteiger partial charge in [0.25, 0.3) is 0 Å². The lowest BCUT2D eigenvalue weighted by atomic mass is 10.0. The SMILES string of the molecule is COc1ccc(Cc2ccc(N)cc2O[C@@H]2O[C@H](COC(=O)c3ccccc3)C[C@H](OC(=O)c3ccccc3)[C@H]2OC(=O)c2ccccc2)cc1. The summed E-state index contributed by atoms with van der Waals surface area (Å²) >= 11 is 0. The highest BCUT2D eigenvalue weighted by Crippen LogP contribution is 2.33. The lowest BCUT2D eigenvalue weighted by Gasteiger charge is -2.40. The van der Waals surface area contributed by atoms with Crippen LogP contribution in [0.4, 0.5) is 5.69 Å². The molecule has 0 aliphatic carbocycles. The van der Waals surface area contributed by atoms with Crippen molar-refractivity contribution >= 4 is 23.6 Å². The number of carbonyl (C=O) groups excluding carboxylic acids is 3. The van der Waals surface area contributed by atoms with E-state index in [2.05, 4.69) is 0 Å². The van der Waals surface area contributed by atoms with Crippen LogP contribution in [0.5, 0.6) is 11.5 Å². The number of rotatable bonds is 12. The van der Waals surface area contributed by atoms with Crippen LogP contribution in [0.2, 0.25) is 0 Å². The molecule has 2 N–H and O–H groups in total. The molecule has 0 unspecified atom stereocenters. The predicted octanol–water partition coefficient (Wildman–Crippen LogP) is 6.67. The Bertz CT molecular complexity index is 1920. The number of nitrogens with two attached hydrogens (primary N) is 1. The molecular weight excluding hydrogens is 650 g/mol. The molecule has 260 valence electrons. The quantitative estimate of drug-likeness (QED) is 0.0862. The second kappa shape index (κ2) is 16.5. The van der Waals surface area contributed by atoms with Crippen molar-refractivity contribution in [1.82, 2.24) is 0 Å². The fourth-order valence-corrected chi connectivity index (χ4v) is 5.63. The van der Waals surface area contributed by atoms with Gasteiger partial charge in [0.2, 0.25) is 12.4 Å². The van der Waals surface area contributed by atoms with Crippen molar-refractivity contribution in [2.75, 3.05) is 19.5 Å². The Kier molecular flexibility index (Phi) is 11.2. The molecule has 51 heavy (non-hydrogen) atoms. The highest BCUT2D eigenvalue weighted by molar-refractivity contribution is 5.90. The maximum absolute atomic E-state index is 13.5. The number of carbonyl (C=O) groups is 3. The van der Waals surface area contributed by atoms with E-state index in [9.17, 15) is 14.4 Å². The Morgan fingerprint density at radius 1 is 0.706 bits per heavy atom. The normalized spacial score (nSPS) is 18.2. The Morgan fingerprint density at radius 3 is 1.86 bits per heavy atom. The summed E-state index contributed by atoms with van der Waals surface area (Å²) in [7, 11) is 1.60. The summed E-state index contributed by atoms with van der Waals surface area (Å²) < 4.78 is 36.0. The number of methoxy groups -OCH3 is 1. The van der Waals surface area contributed by atoms with E-state index in [0.717, 1.165) is 16.9 Å². The van der Waals surface area contributed by atoms with Crippen LogP contribution < -0.4 is 15.2 Å². The Labute approximate surface area is 295 Å². The summed E-state index contributed by atoms with van der Waals surface area (Å²) in [4.78, 5) is 39.8. The fourth-order valence-electron chi connectivity index (χ4n) is 5.63. The number of anilines is 1. The molecule has 1 saturated heterocycles. The van der Waals surface area contributed by atoms with Gasteiger partial charge in [-0.2, -0.15) is 0 Å². The molecule has 1 heterocycles. The highest BCUT2D eigenvalue weighted by atomic mass is 16.7. The van der Waals surface area contributed by atoms with Crippen LogP contribution in [0, 0.1) is 0 Å². The van der Waals surface area contributed by atoms with Crippen LogP contribution in [0.25, 0.3) is 0 Å². The van der Waals surface area contributed by atoms with Crippen molar-refractivity contribution in [2.24, 2.45) is 0 Å². The van der Waals surface area contributed by atoms with Gasteiger partial charge in [0.15, 0.2) is 0 Å². The largest absolute Gasteiger partial charge is 0.497 e. The number of ether oxygens (including phenoxy) is 6. The average molecular weight is 688 g/mol. The molecule has 0 radical (unpaired) electrons. The van der Waals surface area contributed by atoms with Crippen LogP contribution >= 0.6 is 0 Å². The van der Waals surface area contributed by atoms with E-state index in [1.165, 1.54) is 0 Å². The molecule has 0 aromatic heterocycles. The topological polar surface area (TPSA) is 133 Å². The van der Waals surface area contributed by atoms with Crippen LogP contribution in [0.3, 0.4) is 0 Å². The van der Waals surface area contributed by atoms with Gasteiger partial charge in [0, 0.05) is 24.6 Å². The molecule has 0 saturated carbocycles. The van der Waals surface area contributed by atoms with E-state index < -0.39 is 42.5 Å². The average Bonchev–Trinajstić information content (AvgIpc) is 3.17. The first-order valence-electron chi connectivity index (χ1n) is 16.4. The summed E-state index contributed by atoms with van der Waals surface area (Å²) in [5, 5.41) is 0. The maximum atomic E-state index is 13.5. The molecule has 5 aromatic carbocycles. The van der Waals surface area contributed by atoms with Crippen LogP contribution in [-0.4, -0.2) is 56.2 Å². The van der Waals surface area contributed by atoms with Gasteiger partial charge >= 0.3 is 17.9 Å². The van der Waals surface area contributed by atoms with Gasteiger partial charge in [0.05, 0.1) is 29.9 Å². The van der Waals surface area contributed by atoms with E-state index in [1.54, 1.807) is 110 Å². The third-order valence-electron chi connectivity index (χ3n) is 8.27. The molecule has 4 atom stereocenters. The highest BCUT2D eigenvalue weighted by Gasteiger charge is 2.46. The first-order valence-corrected chi connectivity index (χ1v) is 16.4. The molecule has 10 heteroatoms. The van der Waals surface area contributed by atoms with Crippen molar-refractivity contribution in [2.45, 2.75) is 37.4 Å². The zero-order valence-electron chi connectivity index (χ0n) is 27.9. The summed E-state index contributed by atoms with van der Waals surface area (Å²) in [6.45, 7) is -0.192. The maximum Gasteiger partial charge on any atom is 0.338 e. The van der Waals surface area contributed by atoms with Gasteiger partial charge in [-0.25, -0.2) is 14.4 Å². The molecule has 1 fully saturated rings. The smallest absolute Gasteiger partial charge is 0.338 e. The van der Waals surface area contributed by atoms with Crippen molar-refractivity contribution in [1.29, 1.82) is 0 Å². The molecule has 5 aromatic rings. The molecule has 10 nitrogen and oxygen atoms in total. The van der Waals surface area contributed by atoms with E-state index >= 15 is 0 Å². The van der Waals surface area contributed by atoms with Crippen molar-refractivity contribution in [3.05, 3.63) is 161 Å². The molecule has 6 rings (SSSR count). The van der Waals surface area contributed by atoms with Gasteiger partial charge in [0.1, 0.15) is 24.2 Å². The van der Waals surface area contributed by atoms with Gasteiger partial charge in [-0.1, -0.05) is 72.8 Å². The number of nitrogen functional groups attached to an aromatic ring is 1. The third kappa shape index (κ3) is 9.11. The minimum Gasteiger partial charge on any atom is -0.497 e. The zero-order valence-corrected chi connectivity index (χ0v) is 27.9. The molecule has 0 amide bonds. The number of benzene rings is 5.